The minimum absolute atomic E-state index is 0.224. The van der Waals surface area contributed by atoms with E-state index in [2.05, 4.69) is 4.98 Å². The molecule has 2 heterocycles. The number of ether oxygens (including phenoxy) is 2. The van der Waals surface area contributed by atoms with Gasteiger partial charge >= 0.3 is 0 Å². The number of thiazole rings is 1. The van der Waals surface area contributed by atoms with Gasteiger partial charge in [0, 0.05) is 17.8 Å². The van der Waals surface area contributed by atoms with Crippen molar-refractivity contribution in [2.75, 3.05) is 25.2 Å². The molecule has 7 nitrogen and oxygen atoms in total. The summed E-state index contributed by atoms with van der Waals surface area (Å²) in [5.41, 5.74) is 0. The Morgan fingerprint density at radius 2 is 2.12 bits per heavy atom. The summed E-state index contributed by atoms with van der Waals surface area (Å²) >= 11 is 1.41. The van der Waals surface area contributed by atoms with Gasteiger partial charge in [0.15, 0.2) is 27.4 Å². The Bertz CT molecular complexity index is 836. The van der Waals surface area contributed by atoms with Crippen LogP contribution in [-0.2, 0) is 21.2 Å². The zero-order valence-corrected chi connectivity index (χ0v) is 15.3. The third-order valence-electron chi connectivity index (χ3n) is 3.54. The molecular weight excluding hydrogens is 364 g/mol. The van der Waals surface area contributed by atoms with Crippen molar-refractivity contribution in [2.45, 2.75) is 12.6 Å². The SMILES string of the molecule is CS(=O)(=O)CC(=O)N(Cc1nccs1)C[C@@H]1COc2ccccc2O1. The van der Waals surface area contributed by atoms with Crippen molar-refractivity contribution in [2.24, 2.45) is 0 Å². The number of amides is 1. The molecule has 1 aromatic carbocycles. The number of nitrogens with zero attached hydrogens (tertiary/aromatic N) is 2. The topological polar surface area (TPSA) is 85.8 Å². The Hall–Kier alpha value is -2.13. The number of hydrogen-bond donors (Lipinski definition) is 0. The zero-order valence-electron chi connectivity index (χ0n) is 13.6. The summed E-state index contributed by atoms with van der Waals surface area (Å²) < 4.78 is 34.5. The van der Waals surface area contributed by atoms with Gasteiger partial charge in [0.1, 0.15) is 17.4 Å². The average Bonchev–Trinajstić information content (AvgIpc) is 3.05. The molecule has 1 amide bonds. The van der Waals surface area contributed by atoms with Crippen molar-refractivity contribution < 1.29 is 22.7 Å². The van der Waals surface area contributed by atoms with Crippen molar-refractivity contribution in [1.29, 1.82) is 0 Å². The highest BCUT2D eigenvalue weighted by Crippen LogP contribution is 2.31. The van der Waals surface area contributed by atoms with E-state index in [1.165, 1.54) is 16.2 Å². The number of sulfone groups is 1. The number of rotatable bonds is 6. The van der Waals surface area contributed by atoms with Crippen molar-refractivity contribution in [1.82, 2.24) is 9.88 Å². The van der Waals surface area contributed by atoms with E-state index in [1.807, 2.05) is 23.6 Å². The van der Waals surface area contributed by atoms with E-state index < -0.39 is 21.5 Å². The van der Waals surface area contributed by atoms with Crippen LogP contribution in [0, 0.1) is 0 Å². The summed E-state index contributed by atoms with van der Waals surface area (Å²) in [6, 6.07) is 7.30. The van der Waals surface area contributed by atoms with E-state index >= 15 is 0 Å². The first-order valence-electron chi connectivity index (χ1n) is 7.63. The maximum atomic E-state index is 12.4. The molecule has 0 fully saturated rings. The number of carbonyl (C=O) groups excluding carboxylic acids is 1. The Morgan fingerprint density at radius 1 is 1.36 bits per heavy atom. The number of para-hydroxylation sites is 2. The predicted octanol–water partition coefficient (Wildman–Crippen LogP) is 1.36. The molecule has 0 unspecified atom stereocenters. The molecule has 0 aliphatic carbocycles. The smallest absolute Gasteiger partial charge is 0.238 e. The van der Waals surface area contributed by atoms with Crippen LogP contribution in [-0.4, -0.2) is 55.5 Å². The Balaban J connectivity index is 1.72. The van der Waals surface area contributed by atoms with Gasteiger partial charge in [-0.3, -0.25) is 4.79 Å². The monoisotopic (exact) mass is 382 g/mol. The number of carbonyl (C=O) groups is 1. The van der Waals surface area contributed by atoms with Gasteiger partial charge in [-0.2, -0.15) is 0 Å². The van der Waals surface area contributed by atoms with Crippen LogP contribution in [0.2, 0.25) is 0 Å². The highest BCUT2D eigenvalue weighted by Gasteiger charge is 2.27. The molecule has 1 aliphatic rings. The lowest BCUT2D eigenvalue weighted by Crippen LogP contribution is -2.45. The van der Waals surface area contributed by atoms with E-state index in [4.69, 9.17) is 9.47 Å². The molecule has 134 valence electrons. The molecule has 0 N–H and O–H groups in total. The van der Waals surface area contributed by atoms with Gasteiger partial charge in [0.2, 0.25) is 5.91 Å². The summed E-state index contributed by atoms with van der Waals surface area (Å²) in [6.45, 7) is 0.757. The van der Waals surface area contributed by atoms with Crippen LogP contribution in [0.4, 0.5) is 0 Å². The quantitative estimate of drug-likeness (QED) is 0.750. The van der Waals surface area contributed by atoms with Crippen LogP contribution >= 0.6 is 11.3 Å². The molecular formula is C16H18N2O5S2. The Morgan fingerprint density at radius 3 is 2.80 bits per heavy atom. The van der Waals surface area contributed by atoms with Crippen LogP contribution in [0.1, 0.15) is 5.01 Å². The van der Waals surface area contributed by atoms with E-state index in [-0.39, 0.29) is 25.8 Å². The molecule has 0 radical (unpaired) electrons. The standard InChI is InChI=1S/C16H18N2O5S2/c1-25(20,21)11-16(19)18(9-15-17-6-7-24-15)8-12-10-22-13-4-2-3-5-14(13)23-12/h2-7,12H,8-11H2,1H3/t12-/m1/s1. The molecule has 0 saturated carbocycles. The minimum Gasteiger partial charge on any atom is -0.486 e. The fourth-order valence-electron chi connectivity index (χ4n) is 2.46. The van der Waals surface area contributed by atoms with Gasteiger partial charge in [0.05, 0.1) is 13.1 Å². The highest BCUT2D eigenvalue weighted by molar-refractivity contribution is 7.91. The fraction of sp³-hybridized carbons (Fsp3) is 0.375. The molecule has 9 heteroatoms. The second-order valence-electron chi connectivity index (χ2n) is 5.77. The molecule has 1 aliphatic heterocycles. The number of aromatic nitrogens is 1. The normalized spacial score (nSPS) is 16.4. The summed E-state index contributed by atoms with van der Waals surface area (Å²) in [5, 5.41) is 2.55. The second-order valence-corrected chi connectivity index (χ2v) is 8.89. The zero-order chi connectivity index (χ0) is 17.9. The van der Waals surface area contributed by atoms with Gasteiger partial charge in [-0.25, -0.2) is 13.4 Å². The number of benzene rings is 1. The third kappa shape index (κ3) is 4.93. The van der Waals surface area contributed by atoms with Crippen LogP contribution in [0.15, 0.2) is 35.8 Å². The average molecular weight is 382 g/mol. The van der Waals surface area contributed by atoms with Gasteiger partial charge in [-0.05, 0) is 12.1 Å². The molecule has 2 aromatic rings. The van der Waals surface area contributed by atoms with Gasteiger partial charge < -0.3 is 14.4 Å². The van der Waals surface area contributed by atoms with Crippen LogP contribution < -0.4 is 9.47 Å². The lowest BCUT2D eigenvalue weighted by atomic mass is 10.2. The number of fused-ring (bicyclic) bond motifs is 1. The van der Waals surface area contributed by atoms with Crippen LogP contribution in [0.3, 0.4) is 0 Å². The summed E-state index contributed by atoms with van der Waals surface area (Å²) in [6.07, 6.45) is 2.32. The maximum Gasteiger partial charge on any atom is 0.238 e. The summed E-state index contributed by atoms with van der Waals surface area (Å²) in [5.74, 6) is 0.263. The predicted molar refractivity (Wildman–Crippen MR) is 93.6 cm³/mol. The number of hydrogen-bond acceptors (Lipinski definition) is 7. The van der Waals surface area contributed by atoms with Crippen LogP contribution in [0.25, 0.3) is 0 Å². The lowest BCUT2D eigenvalue weighted by Gasteiger charge is -2.31. The molecule has 1 aromatic heterocycles. The fourth-order valence-corrected chi connectivity index (χ4v) is 3.73. The third-order valence-corrected chi connectivity index (χ3v) is 5.08. The van der Waals surface area contributed by atoms with Gasteiger partial charge in [-0.1, -0.05) is 12.1 Å². The van der Waals surface area contributed by atoms with Gasteiger partial charge in [0.25, 0.3) is 0 Å². The largest absolute Gasteiger partial charge is 0.486 e. The first kappa shape index (κ1) is 17.7. The van der Waals surface area contributed by atoms with Crippen molar-refractivity contribution in [3.63, 3.8) is 0 Å². The molecule has 25 heavy (non-hydrogen) atoms. The summed E-state index contributed by atoms with van der Waals surface area (Å²) in [7, 11) is -3.42. The van der Waals surface area contributed by atoms with E-state index in [0.29, 0.717) is 11.5 Å². The summed E-state index contributed by atoms with van der Waals surface area (Å²) in [4.78, 5) is 18.1. The second kappa shape index (κ2) is 7.40. The molecule has 3 rings (SSSR count). The Labute approximate surface area is 150 Å². The molecule has 0 saturated heterocycles. The molecule has 1 atom stereocenters. The van der Waals surface area contributed by atoms with E-state index in [1.54, 1.807) is 12.3 Å². The van der Waals surface area contributed by atoms with Crippen molar-refractivity contribution >= 4 is 27.1 Å². The lowest BCUT2D eigenvalue weighted by molar-refractivity contribution is -0.130. The van der Waals surface area contributed by atoms with Gasteiger partial charge in [-0.15, -0.1) is 11.3 Å². The Kier molecular flexibility index (Phi) is 5.24. The van der Waals surface area contributed by atoms with Crippen LogP contribution in [0.5, 0.6) is 11.5 Å². The molecule has 0 bridgehead atoms. The first-order chi connectivity index (χ1) is 11.9. The maximum absolute atomic E-state index is 12.4. The molecule has 0 spiro atoms. The van der Waals surface area contributed by atoms with Crippen molar-refractivity contribution in [3.8, 4) is 11.5 Å². The highest BCUT2D eigenvalue weighted by atomic mass is 32.2. The van der Waals surface area contributed by atoms with E-state index in [0.717, 1.165) is 11.3 Å². The first-order valence-corrected chi connectivity index (χ1v) is 10.6. The minimum atomic E-state index is -3.42. The van der Waals surface area contributed by atoms with Crippen molar-refractivity contribution in [3.05, 3.63) is 40.8 Å². The van der Waals surface area contributed by atoms with E-state index in [9.17, 15) is 13.2 Å².